The van der Waals surface area contributed by atoms with Gasteiger partial charge in [0.1, 0.15) is 0 Å². The van der Waals surface area contributed by atoms with E-state index in [-0.39, 0.29) is 29.9 Å². The van der Waals surface area contributed by atoms with Crippen molar-refractivity contribution < 1.29 is 36.4 Å². The fourth-order valence-electron chi connectivity index (χ4n) is 1.74. The molecule has 0 aliphatic heterocycles. The molecule has 1 aromatic carbocycles. The van der Waals surface area contributed by atoms with Gasteiger partial charge >= 0.3 is 33.9 Å². The molecule has 0 spiro atoms. The molecule has 0 radical (unpaired) electrons. The predicted molar refractivity (Wildman–Crippen MR) is 77.4 cm³/mol. The molecule has 1 rings (SSSR count). The van der Waals surface area contributed by atoms with Crippen molar-refractivity contribution in [2.24, 2.45) is 0 Å². The van der Waals surface area contributed by atoms with Crippen molar-refractivity contribution in [3.8, 4) is 0 Å². The second-order valence-electron chi connectivity index (χ2n) is 4.21. The molecule has 22 heavy (non-hydrogen) atoms. The van der Waals surface area contributed by atoms with Crippen LogP contribution in [0.4, 0.5) is 5.69 Å². The molecule has 0 fully saturated rings. The maximum Gasteiger partial charge on any atom is 0 e. The predicted octanol–water partition coefficient (Wildman–Crippen LogP) is 2.30. The first-order valence-electron chi connectivity index (χ1n) is 6.12. The van der Waals surface area contributed by atoms with E-state index >= 15 is 0 Å². The smallest absolute Gasteiger partial charge is 0 e. The van der Waals surface area contributed by atoms with Crippen LogP contribution in [0.15, 0.2) is 18.2 Å². The van der Waals surface area contributed by atoms with E-state index in [1.165, 1.54) is 16.8 Å². The van der Waals surface area contributed by atoms with E-state index in [1.54, 1.807) is 0 Å². The van der Waals surface area contributed by atoms with Crippen LogP contribution in [-0.2, 0) is 37.7 Å². The monoisotopic (exact) mass is 343 g/mol. The van der Waals surface area contributed by atoms with Crippen molar-refractivity contribution in [2.75, 3.05) is 25.6 Å². The number of aliphatic hydroxyl groups excluding tert-OH is 1. The average molecular weight is 343 g/mol. The summed E-state index contributed by atoms with van der Waals surface area (Å²) in [5, 5.41) is 9.22. The Kier molecular flexibility index (Phi) is 25.9. The van der Waals surface area contributed by atoms with Gasteiger partial charge in [-0.05, 0) is 29.7 Å². The van der Waals surface area contributed by atoms with E-state index in [0.29, 0.717) is 0 Å². The Bertz CT molecular complexity index is 427. The number of nitrogens with zero attached hydrogens (tertiary/aromatic N) is 1. The van der Waals surface area contributed by atoms with Crippen LogP contribution in [0.1, 0.15) is 30.9 Å². The summed E-state index contributed by atoms with van der Waals surface area (Å²) < 4.78 is 22.5. The average Bonchev–Trinajstić information content (AvgIpc) is 2.58. The minimum Gasteiger partial charge on any atom is 0 e. The number of hydrogen-bond acceptors (Lipinski definition) is 2. The third-order valence-electron chi connectivity index (χ3n) is 2.83. The Morgan fingerprint density at radius 1 is 1.09 bits per heavy atom. The fraction of sp³-hybridized carbons (Fsp3) is 0.438. The number of benzene rings is 1. The maximum absolute atomic E-state index is 9.22. The summed E-state index contributed by atoms with van der Waals surface area (Å²) in [6, 6.07) is 6.48. The Morgan fingerprint density at radius 2 is 1.55 bits per heavy atom. The van der Waals surface area contributed by atoms with E-state index in [9.17, 15) is 5.11 Å². The van der Waals surface area contributed by atoms with Crippen LogP contribution in [0.5, 0.6) is 0 Å². The summed E-state index contributed by atoms with van der Waals surface area (Å²) in [5.41, 5.74) is 3.80. The molecule has 0 unspecified atom stereocenters. The maximum atomic E-state index is 9.22. The minimum atomic E-state index is 0. The summed E-state index contributed by atoms with van der Waals surface area (Å²) in [4.78, 5) is 2.09. The SMILES string of the molecule is CCc1ccc(N(C)C)cc1[C@H](C)CO.[C-]#[O+].[C-]#[O+].[C-]#[O+].[Cr]. The summed E-state index contributed by atoms with van der Waals surface area (Å²) in [7, 11) is 4.07. The van der Waals surface area contributed by atoms with E-state index in [0.717, 1.165) is 6.42 Å². The number of aryl methyl sites for hydroxylation is 1. The van der Waals surface area contributed by atoms with Gasteiger partial charge in [0.15, 0.2) is 0 Å². The summed E-state index contributed by atoms with van der Waals surface area (Å²) in [5.74, 6) is 0.222. The zero-order valence-corrected chi connectivity index (χ0v) is 14.5. The van der Waals surface area contributed by atoms with Gasteiger partial charge in [-0.2, -0.15) is 0 Å². The number of aliphatic hydroxyl groups is 1. The van der Waals surface area contributed by atoms with Gasteiger partial charge in [-0.3, -0.25) is 0 Å². The Hall–Kier alpha value is -1.27. The first kappa shape index (κ1) is 28.8. The van der Waals surface area contributed by atoms with Crippen LogP contribution >= 0.6 is 0 Å². The quantitative estimate of drug-likeness (QED) is 0.672. The van der Waals surface area contributed by atoms with Crippen molar-refractivity contribution in [1.29, 1.82) is 0 Å². The molecule has 0 aromatic heterocycles. The third kappa shape index (κ3) is 10.5. The van der Waals surface area contributed by atoms with Gasteiger partial charge < -0.3 is 10.0 Å². The molecule has 5 nitrogen and oxygen atoms in total. The number of rotatable bonds is 4. The Morgan fingerprint density at radius 3 is 1.86 bits per heavy atom. The molecule has 120 valence electrons. The molecule has 0 heterocycles. The van der Waals surface area contributed by atoms with Gasteiger partial charge in [-0.1, -0.05) is 19.9 Å². The zero-order chi connectivity index (χ0) is 17.4. The Balaban J connectivity index is -0.000000206. The first-order valence-corrected chi connectivity index (χ1v) is 6.12. The van der Waals surface area contributed by atoms with Crippen molar-refractivity contribution in [3.63, 3.8) is 0 Å². The molecule has 1 aromatic rings. The van der Waals surface area contributed by atoms with Gasteiger partial charge in [0.05, 0.1) is 0 Å². The third-order valence-corrected chi connectivity index (χ3v) is 2.83. The molecule has 0 amide bonds. The molecule has 6 heteroatoms. The summed E-state index contributed by atoms with van der Waals surface area (Å²) in [6.07, 6.45) is 1.02. The number of hydrogen-bond donors (Lipinski definition) is 1. The molecule has 0 aliphatic carbocycles. The second kappa shape index (κ2) is 19.7. The molecular formula is C16H21CrNO4. The molecular weight excluding hydrogens is 322 g/mol. The van der Waals surface area contributed by atoms with E-state index in [1.807, 2.05) is 14.1 Å². The minimum absolute atomic E-state index is 0. The number of anilines is 1. The van der Waals surface area contributed by atoms with Crippen LogP contribution in [-0.4, -0.2) is 25.8 Å². The first-order chi connectivity index (χ1) is 10.1. The molecule has 0 aliphatic rings. The van der Waals surface area contributed by atoms with Gasteiger partial charge in [0.25, 0.3) is 0 Å². The fourth-order valence-corrected chi connectivity index (χ4v) is 1.74. The van der Waals surface area contributed by atoms with Gasteiger partial charge in [0, 0.05) is 49.7 Å². The standard InChI is InChI=1S/C13H21NO.3CO.Cr/c1-5-11-6-7-12(14(3)4)8-13(11)10(2)9-15;3*1-2;/h6-8,10,15H,5,9H2,1-4H3;;;;/t10-;;;;/m1..../s1. The van der Waals surface area contributed by atoms with Crippen LogP contribution < -0.4 is 4.90 Å². The van der Waals surface area contributed by atoms with Crippen molar-refractivity contribution in [2.45, 2.75) is 26.2 Å². The summed E-state index contributed by atoms with van der Waals surface area (Å²) >= 11 is 0. The largest absolute Gasteiger partial charge is 0 e. The summed E-state index contributed by atoms with van der Waals surface area (Å²) in [6.45, 7) is 17.9. The van der Waals surface area contributed by atoms with Crippen molar-refractivity contribution >= 4 is 5.69 Å². The van der Waals surface area contributed by atoms with Gasteiger partial charge in [-0.15, -0.1) is 0 Å². The second-order valence-corrected chi connectivity index (χ2v) is 4.21. The van der Waals surface area contributed by atoms with Crippen LogP contribution in [0.2, 0.25) is 0 Å². The van der Waals surface area contributed by atoms with Crippen LogP contribution in [0.25, 0.3) is 0 Å². The molecule has 0 bridgehead atoms. The normalized spacial score (nSPS) is 8.86. The van der Waals surface area contributed by atoms with E-state index in [4.69, 9.17) is 14.0 Å². The molecule has 1 atom stereocenters. The molecule has 0 saturated heterocycles. The van der Waals surface area contributed by atoms with Crippen LogP contribution in [0.3, 0.4) is 0 Å². The van der Waals surface area contributed by atoms with Gasteiger partial charge in [-0.25, -0.2) is 0 Å². The molecule has 0 saturated carbocycles. The van der Waals surface area contributed by atoms with Crippen LogP contribution in [0, 0.1) is 20.0 Å². The van der Waals surface area contributed by atoms with Crippen molar-refractivity contribution in [3.05, 3.63) is 49.3 Å². The van der Waals surface area contributed by atoms with E-state index < -0.39 is 0 Å². The van der Waals surface area contributed by atoms with E-state index in [2.05, 4.69) is 56.9 Å². The van der Waals surface area contributed by atoms with Gasteiger partial charge in [0.2, 0.25) is 0 Å². The zero-order valence-electron chi connectivity index (χ0n) is 13.3. The van der Waals surface area contributed by atoms with Crippen molar-refractivity contribution in [1.82, 2.24) is 0 Å². The topological polar surface area (TPSA) is 83.2 Å². The Labute approximate surface area is 143 Å². The molecule has 1 N–H and O–H groups in total.